The molecule has 1 unspecified atom stereocenters. The van der Waals surface area contributed by atoms with Crippen molar-refractivity contribution in [1.82, 2.24) is 19.9 Å². The van der Waals surface area contributed by atoms with Gasteiger partial charge in [0.05, 0.1) is 17.0 Å². The molecule has 0 bridgehead atoms. The maximum Gasteiger partial charge on any atom is 0.258 e. The van der Waals surface area contributed by atoms with Crippen LogP contribution in [-0.4, -0.2) is 57.5 Å². The standard InChI is InChI=1S/C22H26N6O2/c1-14-17(18-19(26-22(2)8-9-22)24-13-25-20(18)30-14)21(29)27(3)15-7-11-28(12-15)16-6-4-5-10-23-16/h4-6,10,13,15H,7-9,11-12H2,1-3H3,(H,24,25,26). The number of anilines is 2. The van der Waals surface area contributed by atoms with Crippen molar-refractivity contribution in [3.8, 4) is 0 Å². The van der Waals surface area contributed by atoms with E-state index in [0.29, 0.717) is 28.2 Å². The van der Waals surface area contributed by atoms with Crippen molar-refractivity contribution >= 4 is 28.6 Å². The highest BCUT2D eigenvalue weighted by molar-refractivity contribution is 6.10. The number of aromatic nitrogens is 3. The Labute approximate surface area is 175 Å². The topological polar surface area (TPSA) is 87.4 Å². The lowest BCUT2D eigenvalue weighted by atomic mass is 10.1. The number of rotatable bonds is 5. The van der Waals surface area contributed by atoms with E-state index in [9.17, 15) is 4.79 Å². The van der Waals surface area contributed by atoms with Gasteiger partial charge in [-0.05, 0) is 45.2 Å². The van der Waals surface area contributed by atoms with Crippen LogP contribution in [0.25, 0.3) is 11.1 Å². The van der Waals surface area contributed by atoms with Gasteiger partial charge in [0, 0.05) is 31.9 Å². The first-order valence-corrected chi connectivity index (χ1v) is 10.4. The van der Waals surface area contributed by atoms with Crippen molar-refractivity contribution in [3.05, 3.63) is 42.0 Å². The van der Waals surface area contributed by atoms with E-state index < -0.39 is 0 Å². The van der Waals surface area contributed by atoms with E-state index in [2.05, 4.69) is 32.1 Å². The molecule has 8 nitrogen and oxygen atoms in total. The van der Waals surface area contributed by atoms with Gasteiger partial charge in [0.25, 0.3) is 5.91 Å². The summed E-state index contributed by atoms with van der Waals surface area (Å²) in [5.74, 6) is 2.14. The van der Waals surface area contributed by atoms with Crippen LogP contribution >= 0.6 is 0 Å². The van der Waals surface area contributed by atoms with Gasteiger partial charge in [0.2, 0.25) is 5.71 Å². The molecule has 2 fully saturated rings. The third-order valence-corrected chi connectivity index (χ3v) is 6.30. The summed E-state index contributed by atoms with van der Waals surface area (Å²) in [6.45, 7) is 5.61. The zero-order chi connectivity index (χ0) is 20.9. The van der Waals surface area contributed by atoms with Gasteiger partial charge in [-0.2, -0.15) is 0 Å². The molecule has 5 rings (SSSR count). The number of hydrogen-bond acceptors (Lipinski definition) is 7. The van der Waals surface area contributed by atoms with Crippen LogP contribution in [0.4, 0.5) is 11.6 Å². The van der Waals surface area contributed by atoms with Crippen LogP contribution in [0.1, 0.15) is 42.3 Å². The maximum atomic E-state index is 13.6. The predicted octanol–water partition coefficient (Wildman–Crippen LogP) is 3.24. The molecule has 156 valence electrons. The van der Waals surface area contributed by atoms with Crippen molar-refractivity contribution in [2.24, 2.45) is 0 Å². The Morgan fingerprint density at radius 1 is 1.30 bits per heavy atom. The average molecular weight is 406 g/mol. The summed E-state index contributed by atoms with van der Waals surface area (Å²) in [7, 11) is 1.87. The quantitative estimate of drug-likeness (QED) is 0.696. The zero-order valence-electron chi connectivity index (χ0n) is 17.6. The fourth-order valence-corrected chi connectivity index (χ4v) is 4.14. The number of furan rings is 1. The van der Waals surface area contributed by atoms with Gasteiger partial charge in [-0.3, -0.25) is 4.79 Å². The third kappa shape index (κ3) is 3.26. The third-order valence-electron chi connectivity index (χ3n) is 6.30. The first-order chi connectivity index (χ1) is 14.5. The molecule has 1 atom stereocenters. The van der Waals surface area contributed by atoms with E-state index in [1.807, 2.05) is 37.1 Å². The molecular weight excluding hydrogens is 380 g/mol. The predicted molar refractivity (Wildman–Crippen MR) is 115 cm³/mol. The van der Waals surface area contributed by atoms with Crippen LogP contribution in [0, 0.1) is 6.92 Å². The average Bonchev–Trinajstić information content (AvgIpc) is 3.16. The largest absolute Gasteiger partial charge is 0.442 e. The number of hydrogen-bond donors (Lipinski definition) is 1. The number of pyridine rings is 1. The molecule has 1 aliphatic carbocycles. The minimum atomic E-state index is -0.0575. The zero-order valence-corrected chi connectivity index (χ0v) is 17.6. The van der Waals surface area contributed by atoms with Gasteiger partial charge in [0.15, 0.2) is 0 Å². The summed E-state index contributed by atoms with van der Waals surface area (Å²) >= 11 is 0. The van der Waals surface area contributed by atoms with Gasteiger partial charge >= 0.3 is 0 Å². The summed E-state index contributed by atoms with van der Waals surface area (Å²) in [4.78, 5) is 30.7. The molecule has 1 N–H and O–H groups in total. The van der Waals surface area contributed by atoms with Crippen LogP contribution in [0.15, 0.2) is 35.1 Å². The SMILES string of the molecule is Cc1oc2ncnc(NC3(C)CC3)c2c1C(=O)N(C)C1CCN(c2ccccn2)C1. The van der Waals surface area contributed by atoms with E-state index in [-0.39, 0.29) is 17.5 Å². The van der Waals surface area contributed by atoms with Crippen LogP contribution in [-0.2, 0) is 0 Å². The number of aryl methyl sites for hydroxylation is 1. The second kappa shape index (κ2) is 6.97. The fourth-order valence-electron chi connectivity index (χ4n) is 4.14. The number of nitrogens with zero attached hydrogens (tertiary/aromatic N) is 5. The number of fused-ring (bicyclic) bond motifs is 1. The van der Waals surface area contributed by atoms with Crippen molar-refractivity contribution in [2.45, 2.75) is 44.7 Å². The van der Waals surface area contributed by atoms with Crippen LogP contribution in [0.3, 0.4) is 0 Å². The monoisotopic (exact) mass is 406 g/mol. The highest BCUT2D eigenvalue weighted by Crippen LogP contribution is 2.40. The second-order valence-corrected chi connectivity index (χ2v) is 8.61. The van der Waals surface area contributed by atoms with Crippen LogP contribution < -0.4 is 10.2 Å². The highest BCUT2D eigenvalue weighted by atomic mass is 16.3. The van der Waals surface area contributed by atoms with E-state index in [4.69, 9.17) is 4.42 Å². The molecule has 3 aromatic heterocycles. The van der Waals surface area contributed by atoms with Crippen molar-refractivity contribution in [3.63, 3.8) is 0 Å². The van der Waals surface area contributed by atoms with Crippen LogP contribution in [0.2, 0.25) is 0 Å². The fraction of sp³-hybridized carbons (Fsp3) is 0.455. The van der Waals surface area contributed by atoms with Gasteiger partial charge in [-0.15, -0.1) is 0 Å². The van der Waals surface area contributed by atoms with Gasteiger partial charge in [-0.25, -0.2) is 15.0 Å². The molecule has 1 amide bonds. The summed E-state index contributed by atoms with van der Waals surface area (Å²) in [6.07, 6.45) is 6.35. The first-order valence-electron chi connectivity index (χ1n) is 10.4. The molecule has 0 radical (unpaired) electrons. The first kappa shape index (κ1) is 18.8. The Kier molecular flexibility index (Phi) is 4.38. The van der Waals surface area contributed by atoms with Gasteiger partial charge in [0.1, 0.15) is 23.7 Å². The molecule has 0 aromatic carbocycles. The van der Waals surface area contributed by atoms with E-state index in [1.165, 1.54) is 6.33 Å². The minimum absolute atomic E-state index is 0.0350. The molecule has 30 heavy (non-hydrogen) atoms. The summed E-state index contributed by atoms with van der Waals surface area (Å²) in [6, 6.07) is 6.01. The summed E-state index contributed by atoms with van der Waals surface area (Å²) < 4.78 is 5.84. The molecule has 1 saturated heterocycles. The Balaban J connectivity index is 1.42. The maximum absolute atomic E-state index is 13.6. The number of carbonyl (C=O) groups excluding carboxylic acids is 1. The molecule has 1 saturated carbocycles. The highest BCUT2D eigenvalue weighted by Gasteiger charge is 2.39. The number of carbonyl (C=O) groups is 1. The molecule has 4 heterocycles. The number of likely N-dealkylation sites (N-methyl/N-ethyl adjacent to an activating group) is 1. The summed E-state index contributed by atoms with van der Waals surface area (Å²) in [5.41, 5.74) is 1.04. The molecule has 2 aliphatic rings. The summed E-state index contributed by atoms with van der Waals surface area (Å²) in [5, 5.41) is 4.16. The normalized spacial score (nSPS) is 19.8. The Morgan fingerprint density at radius 2 is 2.13 bits per heavy atom. The van der Waals surface area contributed by atoms with E-state index in [1.54, 1.807) is 6.20 Å². The molecule has 0 spiro atoms. The van der Waals surface area contributed by atoms with Crippen molar-refractivity contribution < 1.29 is 9.21 Å². The Hall–Kier alpha value is -3.16. The smallest absolute Gasteiger partial charge is 0.258 e. The number of nitrogens with one attached hydrogen (secondary N) is 1. The molecule has 1 aliphatic heterocycles. The Bertz CT molecular complexity index is 1090. The second-order valence-electron chi connectivity index (χ2n) is 8.61. The lowest BCUT2D eigenvalue weighted by molar-refractivity contribution is 0.0745. The van der Waals surface area contributed by atoms with E-state index in [0.717, 1.165) is 38.2 Å². The Morgan fingerprint density at radius 3 is 2.87 bits per heavy atom. The molecule has 3 aromatic rings. The number of amides is 1. The lowest BCUT2D eigenvalue weighted by Gasteiger charge is -2.25. The van der Waals surface area contributed by atoms with Crippen molar-refractivity contribution in [1.29, 1.82) is 0 Å². The van der Waals surface area contributed by atoms with Gasteiger partial charge < -0.3 is 19.5 Å². The molecule has 8 heteroatoms. The minimum Gasteiger partial charge on any atom is -0.442 e. The van der Waals surface area contributed by atoms with Crippen LogP contribution in [0.5, 0.6) is 0 Å². The lowest BCUT2D eigenvalue weighted by Crippen LogP contribution is -2.39. The van der Waals surface area contributed by atoms with Crippen molar-refractivity contribution in [2.75, 3.05) is 30.4 Å². The van der Waals surface area contributed by atoms with Gasteiger partial charge in [-0.1, -0.05) is 6.07 Å². The van der Waals surface area contributed by atoms with E-state index >= 15 is 0 Å². The molecular formula is C22H26N6O2.